The predicted molar refractivity (Wildman–Crippen MR) is 54.7 cm³/mol. The Morgan fingerprint density at radius 3 is 2.67 bits per heavy atom. The van der Waals surface area contributed by atoms with Crippen LogP contribution in [-0.4, -0.2) is 19.6 Å². The van der Waals surface area contributed by atoms with Crippen molar-refractivity contribution >= 4 is 14.1 Å². The summed E-state index contributed by atoms with van der Waals surface area (Å²) in [5, 5.41) is 2.39. The Morgan fingerprint density at radius 1 is 1.40 bits per heavy atom. The molecule has 0 aromatic heterocycles. The summed E-state index contributed by atoms with van der Waals surface area (Å²) in [6.07, 6.45) is 0. The molecule has 6 heteroatoms. The van der Waals surface area contributed by atoms with Gasteiger partial charge in [0, 0.05) is 4.57 Å². The first-order valence-corrected chi connectivity index (χ1v) is 5.40. The number of nitrogens with one attached hydrogen (secondary N) is 1. The van der Waals surface area contributed by atoms with Crippen LogP contribution in [0.25, 0.3) is 0 Å². The highest BCUT2D eigenvalue weighted by Gasteiger charge is 2.20. The minimum atomic E-state index is -2.10. The van der Waals surface area contributed by atoms with E-state index in [1.807, 2.05) is 6.07 Å². The second-order valence-corrected chi connectivity index (χ2v) is 3.59. The number of carbonyl (C=O) groups excluding carboxylic acids is 1. The fourth-order valence-corrected chi connectivity index (χ4v) is 1.45. The average molecular weight is 228 g/mol. The normalized spacial score (nSPS) is 10.6. The van der Waals surface area contributed by atoms with E-state index in [0.29, 0.717) is 5.75 Å². The standard InChI is InChI=1S/C9H11NO4P/c1-13-9(11)7-10-15(12)14-8-5-3-2-4-6-8/h2-6H,7H2,1H3,(H,10,12)/q+1. The van der Waals surface area contributed by atoms with Crippen LogP contribution in [0.2, 0.25) is 0 Å². The molecule has 0 amide bonds. The second kappa shape index (κ2) is 6.11. The molecule has 1 rings (SSSR count). The van der Waals surface area contributed by atoms with Gasteiger partial charge in [0.2, 0.25) is 0 Å². The van der Waals surface area contributed by atoms with Crippen LogP contribution in [-0.2, 0) is 14.1 Å². The number of benzene rings is 1. The third-order valence-corrected chi connectivity index (χ3v) is 2.30. The van der Waals surface area contributed by atoms with Crippen LogP contribution in [0.5, 0.6) is 5.75 Å². The van der Waals surface area contributed by atoms with E-state index >= 15 is 0 Å². The molecule has 15 heavy (non-hydrogen) atoms. The third-order valence-electron chi connectivity index (χ3n) is 1.51. The number of para-hydroxylation sites is 1. The Bertz CT molecular complexity index is 341. The van der Waals surface area contributed by atoms with Gasteiger partial charge in [0.1, 0.15) is 6.54 Å². The van der Waals surface area contributed by atoms with Crippen LogP contribution in [0.3, 0.4) is 0 Å². The molecule has 1 atom stereocenters. The van der Waals surface area contributed by atoms with Gasteiger partial charge in [-0.05, 0) is 12.1 Å². The summed E-state index contributed by atoms with van der Waals surface area (Å²) in [6.45, 7) is -0.140. The largest absolute Gasteiger partial charge is 0.664 e. The Hall–Kier alpha value is -1.45. The molecule has 1 N–H and O–H groups in total. The average Bonchev–Trinajstić information content (AvgIpc) is 2.27. The highest BCUT2D eigenvalue weighted by molar-refractivity contribution is 7.37. The molecule has 0 aliphatic carbocycles. The first-order chi connectivity index (χ1) is 7.22. The molecule has 1 unspecified atom stereocenters. The molecule has 0 spiro atoms. The van der Waals surface area contributed by atoms with Crippen molar-refractivity contribution in [3.8, 4) is 5.75 Å². The quantitative estimate of drug-likeness (QED) is 0.610. The molecule has 0 saturated heterocycles. The van der Waals surface area contributed by atoms with Gasteiger partial charge in [0.15, 0.2) is 5.75 Å². The summed E-state index contributed by atoms with van der Waals surface area (Å²) in [5.74, 6) is -0.00834. The number of carbonyl (C=O) groups is 1. The maximum absolute atomic E-state index is 11.2. The van der Waals surface area contributed by atoms with Gasteiger partial charge in [-0.25, -0.2) is 4.52 Å². The molecule has 0 bridgehead atoms. The minimum absolute atomic E-state index is 0.140. The fourth-order valence-electron chi connectivity index (χ4n) is 0.811. The molecular weight excluding hydrogens is 217 g/mol. The number of ether oxygens (including phenoxy) is 1. The number of hydrogen-bond donors (Lipinski definition) is 1. The molecule has 80 valence electrons. The van der Waals surface area contributed by atoms with Gasteiger partial charge >= 0.3 is 14.1 Å². The lowest BCUT2D eigenvalue weighted by atomic mass is 10.3. The Labute approximate surface area is 88.3 Å². The van der Waals surface area contributed by atoms with Crippen molar-refractivity contribution in [1.82, 2.24) is 5.09 Å². The Morgan fingerprint density at radius 2 is 2.07 bits per heavy atom. The van der Waals surface area contributed by atoms with E-state index < -0.39 is 14.1 Å². The summed E-state index contributed by atoms with van der Waals surface area (Å²) < 4.78 is 20.6. The van der Waals surface area contributed by atoms with E-state index in [9.17, 15) is 9.36 Å². The number of esters is 1. The van der Waals surface area contributed by atoms with Crippen molar-refractivity contribution in [1.29, 1.82) is 0 Å². The van der Waals surface area contributed by atoms with Crippen molar-refractivity contribution in [3.05, 3.63) is 30.3 Å². The van der Waals surface area contributed by atoms with Gasteiger partial charge < -0.3 is 4.74 Å². The maximum Gasteiger partial charge on any atom is 0.664 e. The van der Waals surface area contributed by atoms with Crippen LogP contribution in [0.1, 0.15) is 0 Å². The zero-order valence-electron chi connectivity index (χ0n) is 8.17. The number of rotatable bonds is 5. The minimum Gasteiger partial charge on any atom is -0.468 e. The molecule has 0 fully saturated rings. The molecule has 1 aromatic carbocycles. The van der Waals surface area contributed by atoms with Crippen LogP contribution >= 0.6 is 8.18 Å². The Balaban J connectivity index is 2.34. The highest BCUT2D eigenvalue weighted by Crippen LogP contribution is 2.21. The topological polar surface area (TPSA) is 64.6 Å². The molecule has 5 nitrogen and oxygen atoms in total. The SMILES string of the molecule is COC(=O)CN[P+](=O)Oc1ccccc1. The van der Waals surface area contributed by atoms with E-state index in [1.54, 1.807) is 24.3 Å². The highest BCUT2D eigenvalue weighted by atomic mass is 31.1. The van der Waals surface area contributed by atoms with Crippen molar-refractivity contribution < 1.29 is 18.6 Å². The third kappa shape index (κ3) is 4.54. The smallest absolute Gasteiger partial charge is 0.468 e. The van der Waals surface area contributed by atoms with Gasteiger partial charge in [0.25, 0.3) is 0 Å². The molecule has 0 radical (unpaired) electrons. The van der Waals surface area contributed by atoms with Crippen molar-refractivity contribution in [3.63, 3.8) is 0 Å². The molecule has 0 aliphatic heterocycles. The predicted octanol–water partition coefficient (Wildman–Crippen LogP) is 1.49. The molecule has 0 aliphatic rings. The fraction of sp³-hybridized carbons (Fsp3) is 0.222. The van der Waals surface area contributed by atoms with Gasteiger partial charge in [-0.15, -0.1) is 0 Å². The van der Waals surface area contributed by atoms with Crippen LogP contribution in [0, 0.1) is 0 Å². The molecule has 0 saturated carbocycles. The van der Waals surface area contributed by atoms with E-state index in [-0.39, 0.29) is 6.54 Å². The lowest BCUT2D eigenvalue weighted by Gasteiger charge is -1.94. The van der Waals surface area contributed by atoms with E-state index in [1.165, 1.54) is 7.11 Å². The van der Waals surface area contributed by atoms with Gasteiger partial charge in [0.05, 0.1) is 7.11 Å². The summed E-state index contributed by atoms with van der Waals surface area (Å²) >= 11 is 0. The van der Waals surface area contributed by atoms with Crippen molar-refractivity contribution in [2.75, 3.05) is 13.7 Å². The number of hydrogen-bond acceptors (Lipinski definition) is 4. The first-order valence-electron chi connectivity index (χ1n) is 4.23. The Kier molecular flexibility index (Phi) is 4.74. The van der Waals surface area contributed by atoms with Gasteiger partial charge in [-0.1, -0.05) is 23.3 Å². The summed E-state index contributed by atoms with van der Waals surface area (Å²) in [5.41, 5.74) is 0. The van der Waals surface area contributed by atoms with Gasteiger partial charge in [-0.2, -0.15) is 0 Å². The lowest BCUT2D eigenvalue weighted by Crippen LogP contribution is -2.18. The zero-order valence-corrected chi connectivity index (χ0v) is 9.07. The van der Waals surface area contributed by atoms with Crippen molar-refractivity contribution in [2.24, 2.45) is 0 Å². The lowest BCUT2D eigenvalue weighted by molar-refractivity contribution is -0.139. The van der Waals surface area contributed by atoms with Crippen LogP contribution in [0.4, 0.5) is 0 Å². The van der Waals surface area contributed by atoms with Crippen LogP contribution in [0.15, 0.2) is 30.3 Å². The van der Waals surface area contributed by atoms with Gasteiger partial charge in [-0.3, -0.25) is 4.79 Å². The van der Waals surface area contributed by atoms with Crippen molar-refractivity contribution in [2.45, 2.75) is 0 Å². The first kappa shape index (κ1) is 11.6. The second-order valence-electron chi connectivity index (χ2n) is 2.57. The summed E-state index contributed by atoms with van der Waals surface area (Å²) in [4.78, 5) is 10.7. The number of methoxy groups -OCH3 is 1. The zero-order chi connectivity index (χ0) is 11.1. The summed E-state index contributed by atoms with van der Waals surface area (Å²) in [6, 6.07) is 8.69. The molecular formula is C9H11NO4P+. The summed E-state index contributed by atoms with van der Waals surface area (Å²) in [7, 11) is -0.837. The van der Waals surface area contributed by atoms with E-state index in [4.69, 9.17) is 4.52 Å². The monoisotopic (exact) mass is 228 g/mol. The molecule has 0 heterocycles. The maximum atomic E-state index is 11.2. The van der Waals surface area contributed by atoms with E-state index in [0.717, 1.165) is 0 Å². The van der Waals surface area contributed by atoms with E-state index in [2.05, 4.69) is 9.82 Å². The van der Waals surface area contributed by atoms with Crippen LogP contribution < -0.4 is 9.61 Å². The molecule has 1 aromatic rings.